The SMILES string of the molecule is NCC(F)(F)CNC(=O)C1(c2cccc(C(F)(F)F)c2)CC1. The van der Waals surface area contributed by atoms with Crippen molar-refractivity contribution in [1.82, 2.24) is 5.32 Å². The second-order valence-corrected chi connectivity index (χ2v) is 5.40. The molecule has 0 aliphatic heterocycles. The number of carbonyl (C=O) groups excluding carboxylic acids is 1. The number of nitrogens with two attached hydrogens (primary N) is 1. The Morgan fingerprint density at radius 2 is 1.86 bits per heavy atom. The Morgan fingerprint density at radius 3 is 2.36 bits per heavy atom. The highest BCUT2D eigenvalue weighted by Crippen LogP contribution is 2.49. The van der Waals surface area contributed by atoms with E-state index in [9.17, 15) is 26.7 Å². The number of alkyl halides is 5. The number of carbonyl (C=O) groups is 1. The van der Waals surface area contributed by atoms with Crippen LogP contribution in [0.15, 0.2) is 24.3 Å². The lowest BCUT2D eigenvalue weighted by Crippen LogP contribution is -2.45. The zero-order valence-electron chi connectivity index (χ0n) is 11.5. The second kappa shape index (κ2) is 5.49. The number of nitrogens with one attached hydrogen (secondary N) is 1. The molecule has 3 nitrogen and oxygen atoms in total. The van der Waals surface area contributed by atoms with Crippen molar-refractivity contribution in [1.29, 1.82) is 0 Å². The molecule has 8 heteroatoms. The van der Waals surface area contributed by atoms with Gasteiger partial charge in [-0.15, -0.1) is 0 Å². The maximum absolute atomic E-state index is 13.1. The first-order valence-electron chi connectivity index (χ1n) is 6.65. The van der Waals surface area contributed by atoms with Crippen LogP contribution in [0.3, 0.4) is 0 Å². The largest absolute Gasteiger partial charge is 0.416 e. The van der Waals surface area contributed by atoms with Gasteiger partial charge < -0.3 is 11.1 Å². The maximum Gasteiger partial charge on any atom is 0.416 e. The van der Waals surface area contributed by atoms with Crippen LogP contribution in [0.25, 0.3) is 0 Å². The van der Waals surface area contributed by atoms with Crippen LogP contribution in [0, 0.1) is 0 Å². The van der Waals surface area contributed by atoms with E-state index < -0.39 is 42.1 Å². The zero-order valence-corrected chi connectivity index (χ0v) is 11.5. The fourth-order valence-corrected chi connectivity index (χ4v) is 2.22. The van der Waals surface area contributed by atoms with Crippen molar-refractivity contribution in [2.24, 2.45) is 5.73 Å². The molecule has 1 aliphatic carbocycles. The molecule has 22 heavy (non-hydrogen) atoms. The first-order chi connectivity index (χ1) is 10.1. The van der Waals surface area contributed by atoms with Gasteiger partial charge in [0, 0.05) is 0 Å². The average Bonchev–Trinajstić information content (AvgIpc) is 3.26. The fourth-order valence-electron chi connectivity index (χ4n) is 2.22. The Bertz CT molecular complexity index is 567. The maximum atomic E-state index is 13.1. The molecule has 0 saturated heterocycles. The Kier molecular flexibility index (Phi) is 4.16. The van der Waals surface area contributed by atoms with E-state index in [1.54, 1.807) is 0 Å². The van der Waals surface area contributed by atoms with Crippen molar-refractivity contribution in [2.45, 2.75) is 30.4 Å². The van der Waals surface area contributed by atoms with Gasteiger partial charge in [-0.2, -0.15) is 13.2 Å². The Hall–Kier alpha value is -1.70. The van der Waals surface area contributed by atoms with E-state index >= 15 is 0 Å². The predicted octanol–water partition coefficient (Wildman–Crippen LogP) is 2.45. The Balaban J connectivity index is 2.16. The first kappa shape index (κ1) is 16.7. The molecule has 1 aromatic rings. The summed E-state index contributed by atoms with van der Waals surface area (Å²) in [4.78, 5) is 12.1. The highest BCUT2D eigenvalue weighted by Gasteiger charge is 2.52. The van der Waals surface area contributed by atoms with Gasteiger partial charge in [0.1, 0.15) is 0 Å². The standard InChI is InChI=1S/C14H15F5N2O/c15-13(16,7-20)8-21-11(22)12(4-5-12)9-2-1-3-10(6-9)14(17,18)19/h1-3,6H,4-5,7-8,20H2,(H,21,22). The molecule has 122 valence electrons. The van der Waals surface area contributed by atoms with Crippen molar-refractivity contribution in [2.75, 3.05) is 13.1 Å². The van der Waals surface area contributed by atoms with Crippen LogP contribution in [0.1, 0.15) is 24.0 Å². The molecule has 0 heterocycles. The number of amides is 1. The van der Waals surface area contributed by atoms with Crippen molar-refractivity contribution in [3.63, 3.8) is 0 Å². The number of benzene rings is 1. The summed E-state index contributed by atoms with van der Waals surface area (Å²) < 4.78 is 64.3. The molecule has 0 radical (unpaired) electrons. The molecule has 1 aromatic carbocycles. The van der Waals surface area contributed by atoms with E-state index in [1.165, 1.54) is 12.1 Å². The fraction of sp³-hybridized carbons (Fsp3) is 0.500. The molecule has 2 rings (SSSR count). The normalized spacial score (nSPS) is 17.2. The summed E-state index contributed by atoms with van der Waals surface area (Å²) >= 11 is 0. The van der Waals surface area contributed by atoms with E-state index in [1.807, 2.05) is 0 Å². The van der Waals surface area contributed by atoms with Gasteiger partial charge in [0.25, 0.3) is 5.92 Å². The summed E-state index contributed by atoms with van der Waals surface area (Å²) in [5, 5.41) is 2.08. The lowest BCUT2D eigenvalue weighted by Gasteiger charge is -2.20. The molecule has 0 unspecified atom stereocenters. The highest BCUT2D eigenvalue weighted by molar-refractivity contribution is 5.91. The first-order valence-corrected chi connectivity index (χ1v) is 6.65. The van der Waals surface area contributed by atoms with Crippen molar-refractivity contribution >= 4 is 5.91 Å². The number of rotatable bonds is 5. The molecule has 3 N–H and O–H groups in total. The van der Waals surface area contributed by atoms with Crippen LogP contribution in [0.4, 0.5) is 22.0 Å². The summed E-state index contributed by atoms with van der Waals surface area (Å²) in [6.45, 7) is -1.84. The molecular formula is C14H15F5N2O. The van der Waals surface area contributed by atoms with Crippen molar-refractivity contribution in [3.05, 3.63) is 35.4 Å². The average molecular weight is 322 g/mol. The third kappa shape index (κ3) is 3.37. The third-order valence-electron chi connectivity index (χ3n) is 3.73. The van der Waals surface area contributed by atoms with E-state index in [0.717, 1.165) is 12.1 Å². The number of halogens is 5. The predicted molar refractivity (Wildman–Crippen MR) is 69.4 cm³/mol. The van der Waals surface area contributed by atoms with Gasteiger partial charge in [0.05, 0.1) is 24.1 Å². The van der Waals surface area contributed by atoms with Crippen LogP contribution < -0.4 is 11.1 Å². The molecule has 1 saturated carbocycles. The van der Waals surface area contributed by atoms with Crippen molar-refractivity contribution in [3.8, 4) is 0 Å². The quantitative estimate of drug-likeness (QED) is 0.818. The third-order valence-corrected chi connectivity index (χ3v) is 3.73. The van der Waals surface area contributed by atoms with Gasteiger partial charge in [-0.3, -0.25) is 4.79 Å². The minimum absolute atomic E-state index is 0.191. The summed E-state index contributed by atoms with van der Waals surface area (Å²) in [6, 6.07) is 4.41. The van der Waals surface area contributed by atoms with E-state index in [2.05, 4.69) is 5.32 Å². The van der Waals surface area contributed by atoms with Gasteiger partial charge in [0.2, 0.25) is 5.91 Å². The second-order valence-electron chi connectivity index (χ2n) is 5.40. The molecule has 0 aromatic heterocycles. The molecule has 1 amide bonds. The summed E-state index contributed by atoms with van der Waals surface area (Å²) in [5.74, 6) is -3.93. The summed E-state index contributed by atoms with van der Waals surface area (Å²) in [5.41, 5.74) is 3.05. The monoisotopic (exact) mass is 322 g/mol. The van der Waals surface area contributed by atoms with Gasteiger partial charge in [-0.25, -0.2) is 8.78 Å². The van der Waals surface area contributed by atoms with Crippen LogP contribution in [0.5, 0.6) is 0 Å². The van der Waals surface area contributed by atoms with Gasteiger partial charge in [-0.1, -0.05) is 18.2 Å². The van der Waals surface area contributed by atoms with Crippen LogP contribution in [-0.4, -0.2) is 24.9 Å². The highest BCUT2D eigenvalue weighted by atomic mass is 19.4. The molecule has 0 atom stereocenters. The number of hydrogen-bond donors (Lipinski definition) is 2. The lowest BCUT2D eigenvalue weighted by molar-refractivity contribution is -0.137. The van der Waals surface area contributed by atoms with Crippen LogP contribution in [0.2, 0.25) is 0 Å². The van der Waals surface area contributed by atoms with Gasteiger partial charge >= 0.3 is 6.18 Å². The molecule has 0 bridgehead atoms. The van der Waals surface area contributed by atoms with Crippen molar-refractivity contribution < 1.29 is 26.7 Å². The number of hydrogen-bond acceptors (Lipinski definition) is 2. The Labute approximate surface area is 123 Å². The van der Waals surface area contributed by atoms with Gasteiger partial charge in [0.15, 0.2) is 0 Å². The summed E-state index contributed by atoms with van der Waals surface area (Å²) in [6.07, 6.45) is -3.86. The lowest BCUT2D eigenvalue weighted by atomic mass is 9.93. The zero-order chi connectivity index (χ0) is 16.6. The van der Waals surface area contributed by atoms with E-state index in [0.29, 0.717) is 12.8 Å². The molecular weight excluding hydrogens is 307 g/mol. The smallest absolute Gasteiger partial charge is 0.349 e. The topological polar surface area (TPSA) is 55.1 Å². The molecule has 0 spiro atoms. The molecule has 1 aliphatic rings. The van der Waals surface area contributed by atoms with Gasteiger partial charge in [-0.05, 0) is 24.5 Å². The van der Waals surface area contributed by atoms with E-state index in [-0.39, 0.29) is 5.56 Å². The van der Waals surface area contributed by atoms with E-state index in [4.69, 9.17) is 5.73 Å². The Morgan fingerprint density at radius 1 is 1.23 bits per heavy atom. The minimum Gasteiger partial charge on any atom is -0.349 e. The summed E-state index contributed by atoms with van der Waals surface area (Å²) in [7, 11) is 0. The van der Waals surface area contributed by atoms with Crippen LogP contribution >= 0.6 is 0 Å². The van der Waals surface area contributed by atoms with Crippen LogP contribution in [-0.2, 0) is 16.4 Å². The minimum atomic E-state index is -4.52. The molecule has 1 fully saturated rings.